The highest BCUT2D eigenvalue weighted by atomic mass is 16.2. The summed E-state index contributed by atoms with van der Waals surface area (Å²) in [5, 5.41) is 3.69. The smallest absolute Gasteiger partial charge is 0.271 e. The van der Waals surface area contributed by atoms with Gasteiger partial charge < -0.3 is 20.9 Å². The molecule has 4 N–H and O–H groups in total. The molecule has 0 radical (unpaired) electrons. The van der Waals surface area contributed by atoms with E-state index < -0.39 is 6.04 Å². The van der Waals surface area contributed by atoms with Crippen LogP contribution in [0.2, 0.25) is 0 Å². The second-order valence-electron chi connectivity index (χ2n) is 5.24. The van der Waals surface area contributed by atoms with Crippen molar-refractivity contribution in [2.24, 2.45) is 0 Å². The van der Waals surface area contributed by atoms with Gasteiger partial charge in [-0.1, -0.05) is 6.92 Å². The molecule has 6 heteroatoms. The number of fused-ring (bicyclic) bond motifs is 1. The molecule has 6 nitrogen and oxygen atoms in total. The number of piperazine rings is 1. The van der Waals surface area contributed by atoms with Gasteiger partial charge in [-0.3, -0.25) is 9.59 Å². The molecular weight excluding hydrogens is 268 g/mol. The van der Waals surface area contributed by atoms with Crippen molar-refractivity contribution in [3.8, 4) is 0 Å². The van der Waals surface area contributed by atoms with Crippen molar-refractivity contribution in [1.29, 1.82) is 0 Å². The number of H-pyrrole nitrogens is 1. The largest absolute Gasteiger partial charge is 0.399 e. The standard InChI is InChI=1S/C15H18N4O2/c1-2-13-14(20)17-5-6-19(13)15(21)12-8-9-7-10(16)3-4-11(9)18-12/h3-4,7-8,13,18H,2,5-6,16H2,1H3,(H,17,20). The Labute approximate surface area is 122 Å². The van der Waals surface area contributed by atoms with E-state index in [9.17, 15) is 9.59 Å². The summed E-state index contributed by atoms with van der Waals surface area (Å²) in [4.78, 5) is 29.2. The number of hydrogen-bond donors (Lipinski definition) is 3. The maximum atomic E-state index is 12.7. The first kappa shape index (κ1) is 13.5. The van der Waals surface area contributed by atoms with Crippen LogP contribution in [0.4, 0.5) is 5.69 Å². The Balaban J connectivity index is 1.93. The molecule has 0 spiro atoms. The normalized spacial score (nSPS) is 18.8. The van der Waals surface area contributed by atoms with Crippen LogP contribution in [0.5, 0.6) is 0 Å². The zero-order valence-electron chi connectivity index (χ0n) is 11.8. The SMILES string of the molecule is CCC1C(=O)NCCN1C(=O)c1cc2cc(N)ccc2[nH]1. The summed E-state index contributed by atoms with van der Waals surface area (Å²) in [7, 11) is 0. The Morgan fingerprint density at radius 1 is 1.43 bits per heavy atom. The number of benzene rings is 1. The summed E-state index contributed by atoms with van der Waals surface area (Å²) in [5.74, 6) is -0.232. The molecule has 1 saturated heterocycles. The number of carbonyl (C=O) groups excluding carboxylic acids is 2. The van der Waals surface area contributed by atoms with Gasteiger partial charge in [-0.2, -0.15) is 0 Å². The van der Waals surface area contributed by atoms with Gasteiger partial charge in [-0.25, -0.2) is 0 Å². The lowest BCUT2D eigenvalue weighted by Crippen LogP contribution is -2.56. The lowest BCUT2D eigenvalue weighted by atomic mass is 10.1. The molecule has 2 aromatic rings. The maximum Gasteiger partial charge on any atom is 0.271 e. The Morgan fingerprint density at radius 2 is 2.24 bits per heavy atom. The average Bonchev–Trinajstić information content (AvgIpc) is 2.89. The van der Waals surface area contributed by atoms with Crippen LogP contribution in [0.1, 0.15) is 23.8 Å². The number of anilines is 1. The van der Waals surface area contributed by atoms with E-state index in [-0.39, 0.29) is 11.8 Å². The van der Waals surface area contributed by atoms with Crippen molar-refractivity contribution in [2.75, 3.05) is 18.8 Å². The minimum Gasteiger partial charge on any atom is -0.399 e. The average molecular weight is 286 g/mol. The van der Waals surface area contributed by atoms with E-state index in [4.69, 9.17) is 5.73 Å². The maximum absolute atomic E-state index is 12.7. The first-order chi connectivity index (χ1) is 10.1. The van der Waals surface area contributed by atoms with Gasteiger partial charge in [-0.15, -0.1) is 0 Å². The summed E-state index contributed by atoms with van der Waals surface area (Å²) in [5.41, 5.74) is 7.76. The van der Waals surface area contributed by atoms with E-state index >= 15 is 0 Å². The Bertz CT molecular complexity index is 707. The summed E-state index contributed by atoms with van der Waals surface area (Å²) >= 11 is 0. The van der Waals surface area contributed by atoms with Gasteiger partial charge in [0.2, 0.25) is 5.91 Å². The van der Waals surface area contributed by atoms with E-state index in [0.29, 0.717) is 30.9 Å². The fraction of sp³-hybridized carbons (Fsp3) is 0.333. The number of nitrogen functional groups attached to an aromatic ring is 1. The lowest BCUT2D eigenvalue weighted by Gasteiger charge is -2.34. The Kier molecular flexibility index (Phi) is 3.29. The molecule has 3 rings (SSSR count). The van der Waals surface area contributed by atoms with Gasteiger partial charge in [-0.05, 0) is 30.7 Å². The molecule has 1 aromatic heterocycles. The van der Waals surface area contributed by atoms with E-state index in [2.05, 4.69) is 10.3 Å². The molecule has 110 valence electrons. The third-order valence-electron chi connectivity index (χ3n) is 3.85. The zero-order chi connectivity index (χ0) is 15.0. The summed E-state index contributed by atoms with van der Waals surface area (Å²) in [6.07, 6.45) is 0.602. The third-order valence-corrected chi connectivity index (χ3v) is 3.85. The highest BCUT2D eigenvalue weighted by Gasteiger charge is 2.32. The highest BCUT2D eigenvalue weighted by Crippen LogP contribution is 2.21. The molecule has 2 amide bonds. The molecular formula is C15H18N4O2. The molecule has 1 aliphatic rings. The van der Waals surface area contributed by atoms with Crippen LogP contribution in [-0.2, 0) is 4.79 Å². The summed E-state index contributed by atoms with van der Waals surface area (Å²) < 4.78 is 0. The molecule has 1 unspecified atom stereocenters. The van der Waals surface area contributed by atoms with Gasteiger partial charge in [0.1, 0.15) is 11.7 Å². The first-order valence-electron chi connectivity index (χ1n) is 7.07. The Hall–Kier alpha value is -2.50. The van der Waals surface area contributed by atoms with E-state index in [1.54, 1.807) is 17.0 Å². The van der Waals surface area contributed by atoms with Crippen molar-refractivity contribution in [1.82, 2.24) is 15.2 Å². The molecule has 21 heavy (non-hydrogen) atoms. The second kappa shape index (κ2) is 5.12. The van der Waals surface area contributed by atoms with Crippen LogP contribution in [0.25, 0.3) is 10.9 Å². The molecule has 0 saturated carbocycles. The number of amides is 2. The number of carbonyl (C=O) groups is 2. The molecule has 1 atom stereocenters. The van der Waals surface area contributed by atoms with Gasteiger partial charge in [0.15, 0.2) is 0 Å². The van der Waals surface area contributed by atoms with Crippen molar-refractivity contribution >= 4 is 28.4 Å². The third kappa shape index (κ3) is 2.33. The van der Waals surface area contributed by atoms with Crippen LogP contribution in [0.15, 0.2) is 24.3 Å². The van der Waals surface area contributed by atoms with Crippen LogP contribution in [0, 0.1) is 0 Å². The monoisotopic (exact) mass is 286 g/mol. The number of aromatic amines is 1. The van der Waals surface area contributed by atoms with E-state index in [1.165, 1.54) is 0 Å². The van der Waals surface area contributed by atoms with Gasteiger partial charge >= 0.3 is 0 Å². The second-order valence-corrected chi connectivity index (χ2v) is 5.24. The first-order valence-corrected chi connectivity index (χ1v) is 7.07. The van der Waals surface area contributed by atoms with Gasteiger partial charge in [0.25, 0.3) is 5.91 Å². The topological polar surface area (TPSA) is 91.2 Å². The number of nitrogens with one attached hydrogen (secondary N) is 2. The van der Waals surface area contributed by atoms with Crippen LogP contribution < -0.4 is 11.1 Å². The van der Waals surface area contributed by atoms with Crippen LogP contribution in [-0.4, -0.2) is 40.8 Å². The quantitative estimate of drug-likeness (QED) is 0.722. The number of nitrogens with zero attached hydrogens (tertiary/aromatic N) is 1. The minimum atomic E-state index is -0.400. The summed E-state index contributed by atoms with van der Waals surface area (Å²) in [6.45, 7) is 2.93. The molecule has 1 aromatic carbocycles. The van der Waals surface area contributed by atoms with Crippen LogP contribution in [0.3, 0.4) is 0 Å². The number of hydrogen-bond acceptors (Lipinski definition) is 3. The van der Waals surface area contributed by atoms with Gasteiger partial charge in [0.05, 0.1) is 0 Å². The predicted molar refractivity (Wildman–Crippen MR) is 80.8 cm³/mol. The number of nitrogens with two attached hydrogens (primary N) is 1. The van der Waals surface area contributed by atoms with Crippen molar-refractivity contribution in [3.05, 3.63) is 30.0 Å². The number of rotatable bonds is 2. The van der Waals surface area contributed by atoms with E-state index in [0.717, 1.165) is 10.9 Å². The fourth-order valence-electron chi connectivity index (χ4n) is 2.78. The number of aromatic nitrogens is 1. The van der Waals surface area contributed by atoms with E-state index in [1.807, 2.05) is 19.1 Å². The highest BCUT2D eigenvalue weighted by molar-refractivity contribution is 6.01. The molecule has 0 aliphatic carbocycles. The molecule has 1 fully saturated rings. The molecule has 2 heterocycles. The lowest BCUT2D eigenvalue weighted by molar-refractivity contribution is -0.127. The fourth-order valence-corrected chi connectivity index (χ4v) is 2.78. The molecule has 0 bridgehead atoms. The van der Waals surface area contributed by atoms with Crippen LogP contribution >= 0.6 is 0 Å². The predicted octanol–water partition coefficient (Wildman–Crippen LogP) is 1.10. The molecule has 1 aliphatic heterocycles. The van der Waals surface area contributed by atoms with Gasteiger partial charge in [0, 0.05) is 29.7 Å². The Morgan fingerprint density at radius 3 is 3.00 bits per heavy atom. The minimum absolute atomic E-state index is 0.0857. The van der Waals surface area contributed by atoms with Crippen molar-refractivity contribution in [2.45, 2.75) is 19.4 Å². The van der Waals surface area contributed by atoms with Crippen molar-refractivity contribution in [3.63, 3.8) is 0 Å². The summed E-state index contributed by atoms with van der Waals surface area (Å²) in [6, 6.07) is 6.84. The van der Waals surface area contributed by atoms with Crippen molar-refractivity contribution < 1.29 is 9.59 Å². The zero-order valence-corrected chi connectivity index (χ0v) is 11.8.